The zero-order valence-electron chi connectivity index (χ0n) is 11.7. The molecule has 0 bridgehead atoms. The molecule has 1 aliphatic heterocycles. The first kappa shape index (κ1) is 16.0. The summed E-state index contributed by atoms with van der Waals surface area (Å²) in [7, 11) is -3.22. The van der Waals surface area contributed by atoms with E-state index < -0.39 is 14.9 Å². The van der Waals surface area contributed by atoms with E-state index in [2.05, 4.69) is 0 Å². The molecule has 1 fully saturated rings. The number of sulfonamides is 1. The normalized spacial score (nSPS) is 20.5. The number of halogens is 1. The second kappa shape index (κ2) is 5.78. The van der Waals surface area contributed by atoms with Gasteiger partial charge in [-0.25, -0.2) is 8.42 Å². The lowest BCUT2D eigenvalue weighted by Crippen LogP contribution is -2.53. The van der Waals surface area contributed by atoms with Gasteiger partial charge in [0.2, 0.25) is 10.0 Å². The third-order valence-corrected chi connectivity index (χ3v) is 5.17. The van der Waals surface area contributed by atoms with E-state index in [1.807, 2.05) is 11.8 Å². The highest BCUT2D eigenvalue weighted by Gasteiger charge is 2.30. The number of hydrogen-bond acceptors (Lipinski definition) is 5. The van der Waals surface area contributed by atoms with E-state index in [9.17, 15) is 18.5 Å². The van der Waals surface area contributed by atoms with Crippen LogP contribution in [-0.4, -0.2) is 49.6 Å². The molecule has 116 valence electrons. The molecule has 0 aliphatic carbocycles. The zero-order valence-corrected chi connectivity index (χ0v) is 13.3. The van der Waals surface area contributed by atoms with Crippen molar-refractivity contribution in [1.29, 1.82) is 0 Å². The number of piperazine rings is 1. The molecule has 1 saturated heterocycles. The van der Waals surface area contributed by atoms with Crippen LogP contribution < -0.4 is 4.90 Å². The Morgan fingerprint density at radius 3 is 2.52 bits per heavy atom. The summed E-state index contributed by atoms with van der Waals surface area (Å²) >= 11 is 6.10. The van der Waals surface area contributed by atoms with E-state index in [0.717, 1.165) is 0 Å². The Kier molecular flexibility index (Phi) is 4.40. The fraction of sp³-hybridized carbons (Fsp3) is 0.500. The molecule has 1 aromatic rings. The second-order valence-electron chi connectivity index (χ2n) is 5.06. The van der Waals surface area contributed by atoms with Crippen molar-refractivity contribution < 1.29 is 13.3 Å². The van der Waals surface area contributed by atoms with Gasteiger partial charge in [0.05, 0.1) is 21.9 Å². The number of hydrogen-bond donors (Lipinski definition) is 0. The molecule has 1 aromatic carbocycles. The Labute approximate surface area is 128 Å². The summed E-state index contributed by atoms with van der Waals surface area (Å²) in [6, 6.07) is 4.13. The maximum absolute atomic E-state index is 11.6. The van der Waals surface area contributed by atoms with E-state index in [1.165, 1.54) is 22.7 Å². The van der Waals surface area contributed by atoms with Gasteiger partial charge in [-0.05, 0) is 13.0 Å². The average Bonchev–Trinajstić information content (AvgIpc) is 2.36. The van der Waals surface area contributed by atoms with Gasteiger partial charge in [-0.15, -0.1) is 0 Å². The Balaban J connectivity index is 2.20. The molecule has 1 heterocycles. The number of non-ortho nitro benzene ring substituents is 1. The first-order chi connectivity index (χ1) is 9.70. The summed E-state index contributed by atoms with van der Waals surface area (Å²) in [6.07, 6.45) is 1.19. The number of anilines is 1. The second-order valence-corrected chi connectivity index (χ2v) is 7.40. The molecule has 0 N–H and O–H groups in total. The number of nitro benzene ring substituents is 1. The van der Waals surface area contributed by atoms with Gasteiger partial charge < -0.3 is 4.90 Å². The van der Waals surface area contributed by atoms with E-state index in [0.29, 0.717) is 30.3 Å². The molecule has 1 aliphatic rings. The van der Waals surface area contributed by atoms with Crippen molar-refractivity contribution in [3.05, 3.63) is 33.3 Å². The molecule has 0 saturated carbocycles. The van der Waals surface area contributed by atoms with Gasteiger partial charge in [0, 0.05) is 37.8 Å². The highest BCUT2D eigenvalue weighted by molar-refractivity contribution is 7.88. The molecule has 0 spiro atoms. The highest BCUT2D eigenvalue weighted by Crippen LogP contribution is 2.31. The van der Waals surface area contributed by atoms with E-state index >= 15 is 0 Å². The van der Waals surface area contributed by atoms with E-state index in [1.54, 1.807) is 6.07 Å². The lowest BCUT2D eigenvalue weighted by Gasteiger charge is -2.39. The lowest BCUT2D eigenvalue weighted by atomic mass is 10.2. The number of nitrogens with zero attached hydrogens (tertiary/aromatic N) is 3. The third-order valence-electron chi connectivity index (χ3n) is 3.48. The highest BCUT2D eigenvalue weighted by atomic mass is 35.5. The Bertz CT molecular complexity index is 664. The van der Waals surface area contributed by atoms with E-state index in [4.69, 9.17) is 11.6 Å². The van der Waals surface area contributed by atoms with Gasteiger partial charge in [-0.3, -0.25) is 10.1 Å². The van der Waals surface area contributed by atoms with Crippen molar-refractivity contribution in [3.63, 3.8) is 0 Å². The summed E-state index contributed by atoms with van der Waals surface area (Å²) in [5.74, 6) is 0. The van der Waals surface area contributed by atoms with Crippen molar-refractivity contribution in [1.82, 2.24) is 4.31 Å². The van der Waals surface area contributed by atoms with E-state index in [-0.39, 0.29) is 11.7 Å². The van der Waals surface area contributed by atoms with Crippen LogP contribution >= 0.6 is 11.6 Å². The van der Waals surface area contributed by atoms with Crippen molar-refractivity contribution >= 4 is 33.0 Å². The molecule has 2 rings (SSSR count). The summed E-state index contributed by atoms with van der Waals surface area (Å²) in [4.78, 5) is 12.1. The minimum Gasteiger partial charge on any atom is -0.367 e. The smallest absolute Gasteiger partial charge is 0.271 e. The Morgan fingerprint density at radius 1 is 1.38 bits per heavy atom. The Hall–Kier alpha value is -1.38. The monoisotopic (exact) mass is 333 g/mol. The van der Waals surface area contributed by atoms with Crippen LogP contribution in [0, 0.1) is 10.1 Å². The maximum atomic E-state index is 11.6. The van der Waals surface area contributed by atoms with Crippen LogP contribution in [0.3, 0.4) is 0 Å². The van der Waals surface area contributed by atoms with Gasteiger partial charge >= 0.3 is 0 Å². The average molecular weight is 334 g/mol. The lowest BCUT2D eigenvalue weighted by molar-refractivity contribution is -0.384. The molecule has 0 aromatic heterocycles. The standard InChI is InChI=1S/C12H16ClN3O4S/c1-9-8-14(5-6-15(9)21(2,19)20)12-4-3-10(16(17)18)7-11(12)13/h3-4,7,9H,5-6,8H2,1-2H3/t9-/m0/s1. The fourth-order valence-corrected chi connectivity index (χ4v) is 3.95. The predicted molar refractivity (Wildman–Crippen MR) is 81.3 cm³/mol. The Morgan fingerprint density at radius 2 is 2.05 bits per heavy atom. The summed E-state index contributed by atoms with van der Waals surface area (Å²) < 4.78 is 24.7. The van der Waals surface area contributed by atoms with Crippen molar-refractivity contribution in [2.24, 2.45) is 0 Å². The van der Waals surface area contributed by atoms with Crippen molar-refractivity contribution in [2.45, 2.75) is 13.0 Å². The predicted octanol–water partition coefficient (Wildman–Crippen LogP) is 1.72. The molecule has 0 radical (unpaired) electrons. The SMILES string of the molecule is C[C@H]1CN(c2ccc([N+](=O)[O-])cc2Cl)CCN1S(C)(=O)=O. The maximum Gasteiger partial charge on any atom is 0.271 e. The van der Waals surface area contributed by atoms with Gasteiger partial charge in [0.25, 0.3) is 5.69 Å². The molecule has 1 atom stereocenters. The summed E-state index contributed by atoms with van der Waals surface area (Å²) in [6.45, 7) is 3.18. The molecule has 21 heavy (non-hydrogen) atoms. The number of benzene rings is 1. The first-order valence-electron chi connectivity index (χ1n) is 6.36. The molecule has 9 heteroatoms. The molecule has 7 nitrogen and oxygen atoms in total. The first-order valence-corrected chi connectivity index (χ1v) is 8.58. The molecular formula is C12H16ClN3O4S. The summed E-state index contributed by atoms with van der Waals surface area (Å²) in [5, 5.41) is 11.0. The van der Waals surface area contributed by atoms with Crippen LogP contribution in [0.5, 0.6) is 0 Å². The quantitative estimate of drug-likeness (QED) is 0.621. The number of rotatable bonds is 3. The molecule has 0 amide bonds. The topological polar surface area (TPSA) is 83.8 Å². The largest absolute Gasteiger partial charge is 0.367 e. The molecule has 0 unspecified atom stereocenters. The van der Waals surface area contributed by atoms with Crippen LogP contribution in [0.1, 0.15) is 6.92 Å². The van der Waals surface area contributed by atoms with Gasteiger partial charge in [0.15, 0.2) is 0 Å². The zero-order chi connectivity index (χ0) is 15.8. The van der Waals surface area contributed by atoms with Crippen LogP contribution in [0.4, 0.5) is 11.4 Å². The number of nitro groups is 1. The van der Waals surface area contributed by atoms with Crippen LogP contribution in [0.25, 0.3) is 0 Å². The minimum atomic E-state index is -3.22. The minimum absolute atomic E-state index is 0.0634. The summed E-state index contributed by atoms with van der Waals surface area (Å²) in [5.41, 5.74) is 0.619. The van der Waals surface area contributed by atoms with Crippen LogP contribution in [-0.2, 0) is 10.0 Å². The van der Waals surface area contributed by atoms with Gasteiger partial charge in [-0.1, -0.05) is 11.6 Å². The van der Waals surface area contributed by atoms with Gasteiger partial charge in [-0.2, -0.15) is 4.31 Å². The third kappa shape index (κ3) is 3.45. The molecular weight excluding hydrogens is 318 g/mol. The van der Waals surface area contributed by atoms with Crippen molar-refractivity contribution in [2.75, 3.05) is 30.8 Å². The fourth-order valence-electron chi connectivity index (χ4n) is 2.52. The van der Waals surface area contributed by atoms with Crippen molar-refractivity contribution in [3.8, 4) is 0 Å². The van der Waals surface area contributed by atoms with Crippen LogP contribution in [0.15, 0.2) is 18.2 Å². The van der Waals surface area contributed by atoms with Crippen LogP contribution in [0.2, 0.25) is 5.02 Å². The van der Waals surface area contributed by atoms with Gasteiger partial charge in [0.1, 0.15) is 0 Å².